The molecule has 1 aromatic rings. The number of nitrogens with one attached hydrogen (secondary N) is 1. The lowest BCUT2D eigenvalue weighted by molar-refractivity contribution is 0.282. The number of rotatable bonds is 7. The van der Waals surface area contributed by atoms with Gasteiger partial charge in [-0.25, -0.2) is 0 Å². The molecule has 1 N–H and O–H groups in total. The van der Waals surface area contributed by atoms with Crippen LogP contribution in [0.5, 0.6) is 0 Å². The monoisotopic (exact) mass is 239 g/mol. The first-order valence-corrected chi connectivity index (χ1v) is 6.39. The van der Waals surface area contributed by atoms with Crippen LogP contribution in [-0.4, -0.2) is 32.8 Å². The summed E-state index contributed by atoms with van der Waals surface area (Å²) in [4.78, 5) is 1.52. The largest absolute Gasteiger partial charge is 0.314 e. The lowest BCUT2D eigenvalue weighted by Crippen LogP contribution is -2.32. The molecular weight excluding hydrogens is 214 g/mol. The molecule has 0 aliphatic heterocycles. The Morgan fingerprint density at radius 3 is 2.65 bits per heavy atom. The maximum atomic E-state index is 4.24. The normalized spacial score (nSPS) is 13.9. The topological polar surface area (TPSA) is 55.6 Å². The Morgan fingerprint density at radius 1 is 1.41 bits per heavy atom. The van der Waals surface area contributed by atoms with Gasteiger partial charge in [0, 0.05) is 12.5 Å². The van der Waals surface area contributed by atoms with E-state index in [-0.39, 0.29) is 5.41 Å². The third kappa shape index (κ3) is 5.26. The highest BCUT2D eigenvalue weighted by Crippen LogP contribution is 2.25. The fourth-order valence-electron chi connectivity index (χ4n) is 2.19. The second kappa shape index (κ2) is 6.10. The van der Waals surface area contributed by atoms with Gasteiger partial charge < -0.3 is 5.32 Å². The molecule has 0 aliphatic carbocycles. The molecule has 5 nitrogen and oxygen atoms in total. The van der Waals surface area contributed by atoms with Crippen LogP contribution in [0.3, 0.4) is 0 Å². The van der Waals surface area contributed by atoms with Crippen LogP contribution in [0, 0.1) is 5.41 Å². The molecule has 0 amide bonds. The van der Waals surface area contributed by atoms with Crippen molar-refractivity contribution in [1.29, 1.82) is 0 Å². The molecule has 0 fully saturated rings. The number of hydrogen-bond acceptors (Lipinski definition) is 4. The summed E-state index contributed by atoms with van der Waals surface area (Å²) in [6.45, 7) is 10.0. The first-order chi connectivity index (χ1) is 7.93. The molecule has 5 heteroatoms. The van der Waals surface area contributed by atoms with Crippen molar-refractivity contribution in [3.8, 4) is 0 Å². The van der Waals surface area contributed by atoms with Gasteiger partial charge >= 0.3 is 0 Å². The van der Waals surface area contributed by atoms with Crippen LogP contribution in [-0.2, 0) is 13.5 Å². The Bertz CT molecular complexity index is 331. The van der Waals surface area contributed by atoms with Gasteiger partial charge in [-0.15, -0.1) is 10.2 Å². The van der Waals surface area contributed by atoms with E-state index < -0.39 is 0 Å². The molecule has 1 unspecified atom stereocenters. The average molecular weight is 239 g/mol. The van der Waals surface area contributed by atoms with Crippen LogP contribution in [0.15, 0.2) is 0 Å². The first kappa shape index (κ1) is 14.1. The number of nitrogens with zero attached hydrogens (tertiary/aromatic N) is 4. The highest BCUT2D eigenvalue weighted by Gasteiger charge is 2.23. The van der Waals surface area contributed by atoms with E-state index in [0.717, 1.165) is 25.2 Å². The zero-order valence-electron chi connectivity index (χ0n) is 11.7. The molecule has 0 bridgehead atoms. The Kier molecular flexibility index (Phi) is 5.05. The Balaban J connectivity index is 2.44. The molecular formula is C12H25N5. The van der Waals surface area contributed by atoms with Crippen molar-refractivity contribution in [2.45, 2.75) is 53.0 Å². The van der Waals surface area contributed by atoms with Crippen molar-refractivity contribution in [3.63, 3.8) is 0 Å². The summed E-state index contributed by atoms with van der Waals surface area (Å²) >= 11 is 0. The van der Waals surface area contributed by atoms with E-state index in [1.165, 1.54) is 11.2 Å². The third-order valence-corrected chi connectivity index (χ3v) is 2.79. The van der Waals surface area contributed by atoms with E-state index in [1.54, 1.807) is 7.05 Å². The summed E-state index contributed by atoms with van der Waals surface area (Å²) in [5.41, 5.74) is 0.198. The van der Waals surface area contributed by atoms with Crippen LogP contribution in [0.25, 0.3) is 0 Å². The second-order valence-corrected chi connectivity index (χ2v) is 5.60. The Morgan fingerprint density at radius 2 is 2.12 bits per heavy atom. The van der Waals surface area contributed by atoms with E-state index in [2.05, 4.69) is 48.4 Å². The predicted molar refractivity (Wildman–Crippen MR) is 68.7 cm³/mol. The third-order valence-electron chi connectivity index (χ3n) is 2.79. The molecule has 1 atom stereocenters. The smallest absolute Gasteiger partial charge is 0.175 e. The minimum atomic E-state index is 0.198. The number of aryl methyl sites for hydroxylation is 1. The average Bonchev–Trinajstić information content (AvgIpc) is 2.59. The minimum Gasteiger partial charge on any atom is -0.314 e. The van der Waals surface area contributed by atoms with Crippen molar-refractivity contribution < 1.29 is 0 Å². The van der Waals surface area contributed by atoms with Crippen molar-refractivity contribution in [3.05, 3.63) is 5.82 Å². The van der Waals surface area contributed by atoms with Crippen LogP contribution in [0.4, 0.5) is 0 Å². The van der Waals surface area contributed by atoms with E-state index in [0.29, 0.717) is 6.04 Å². The molecule has 1 heterocycles. The van der Waals surface area contributed by atoms with E-state index in [1.807, 2.05) is 0 Å². The van der Waals surface area contributed by atoms with Gasteiger partial charge in [-0.2, -0.15) is 4.80 Å². The van der Waals surface area contributed by atoms with Gasteiger partial charge in [-0.1, -0.05) is 20.8 Å². The maximum absolute atomic E-state index is 4.24. The van der Waals surface area contributed by atoms with Gasteiger partial charge in [0.1, 0.15) is 0 Å². The Hall–Kier alpha value is -0.970. The second-order valence-electron chi connectivity index (χ2n) is 5.60. The van der Waals surface area contributed by atoms with E-state index in [9.17, 15) is 0 Å². The molecule has 98 valence electrons. The Labute approximate surface area is 104 Å². The molecule has 0 aromatic carbocycles. The number of tetrazole rings is 1. The fourth-order valence-corrected chi connectivity index (χ4v) is 2.19. The molecule has 0 saturated heterocycles. The molecule has 0 spiro atoms. The quantitative estimate of drug-likeness (QED) is 0.784. The van der Waals surface area contributed by atoms with Crippen molar-refractivity contribution in [1.82, 2.24) is 25.5 Å². The van der Waals surface area contributed by atoms with Gasteiger partial charge in [0.25, 0.3) is 0 Å². The maximum Gasteiger partial charge on any atom is 0.175 e. The van der Waals surface area contributed by atoms with Crippen LogP contribution >= 0.6 is 0 Å². The van der Waals surface area contributed by atoms with Crippen molar-refractivity contribution in [2.75, 3.05) is 6.54 Å². The summed E-state index contributed by atoms with van der Waals surface area (Å²) in [5, 5.41) is 15.7. The van der Waals surface area contributed by atoms with Crippen LogP contribution in [0.2, 0.25) is 0 Å². The zero-order valence-corrected chi connectivity index (χ0v) is 11.7. The van der Waals surface area contributed by atoms with E-state index >= 15 is 0 Å². The standard InChI is InChI=1S/C12H25N5/c1-6-7-13-10(2)8-12(3,4)9-11-14-16-17(5)15-11/h10,13H,6-9H2,1-5H3. The van der Waals surface area contributed by atoms with Gasteiger partial charge in [-0.05, 0) is 36.9 Å². The van der Waals surface area contributed by atoms with Crippen molar-refractivity contribution >= 4 is 0 Å². The van der Waals surface area contributed by atoms with Crippen molar-refractivity contribution in [2.24, 2.45) is 12.5 Å². The van der Waals surface area contributed by atoms with Crippen LogP contribution < -0.4 is 5.32 Å². The summed E-state index contributed by atoms with van der Waals surface area (Å²) in [5.74, 6) is 0.834. The van der Waals surface area contributed by atoms with Crippen LogP contribution in [0.1, 0.15) is 46.4 Å². The summed E-state index contributed by atoms with van der Waals surface area (Å²) in [6, 6.07) is 0.529. The molecule has 0 aliphatic rings. The highest BCUT2D eigenvalue weighted by molar-refractivity contribution is 4.87. The summed E-state index contributed by atoms with van der Waals surface area (Å²) in [6.07, 6.45) is 3.17. The first-order valence-electron chi connectivity index (χ1n) is 6.39. The lowest BCUT2D eigenvalue weighted by atomic mass is 9.82. The fraction of sp³-hybridized carbons (Fsp3) is 0.917. The number of hydrogen-bond donors (Lipinski definition) is 1. The van der Waals surface area contributed by atoms with Gasteiger partial charge in [0.15, 0.2) is 5.82 Å². The molecule has 1 rings (SSSR count). The SMILES string of the molecule is CCCNC(C)CC(C)(C)Cc1nnn(C)n1. The van der Waals surface area contributed by atoms with Gasteiger partial charge in [0.2, 0.25) is 0 Å². The predicted octanol–water partition coefficient (Wildman–Crippen LogP) is 1.56. The molecule has 1 aromatic heterocycles. The van der Waals surface area contributed by atoms with E-state index in [4.69, 9.17) is 0 Å². The summed E-state index contributed by atoms with van der Waals surface area (Å²) in [7, 11) is 1.80. The molecule has 0 saturated carbocycles. The highest BCUT2D eigenvalue weighted by atomic mass is 15.6. The number of aromatic nitrogens is 4. The lowest BCUT2D eigenvalue weighted by Gasteiger charge is -2.27. The molecule has 17 heavy (non-hydrogen) atoms. The molecule has 0 radical (unpaired) electrons. The van der Waals surface area contributed by atoms with Gasteiger partial charge in [0.05, 0.1) is 7.05 Å². The van der Waals surface area contributed by atoms with Gasteiger partial charge in [-0.3, -0.25) is 0 Å². The minimum absolute atomic E-state index is 0.198. The zero-order chi connectivity index (χ0) is 12.9. The summed E-state index contributed by atoms with van der Waals surface area (Å²) < 4.78 is 0.